The Morgan fingerprint density at radius 3 is 2.81 bits per heavy atom. The molecule has 1 aromatic carbocycles. The van der Waals surface area contributed by atoms with Crippen molar-refractivity contribution in [1.82, 2.24) is 10.2 Å². The van der Waals surface area contributed by atoms with Gasteiger partial charge >= 0.3 is 0 Å². The van der Waals surface area contributed by atoms with Gasteiger partial charge in [0.15, 0.2) is 0 Å². The molecule has 21 heavy (non-hydrogen) atoms. The topological polar surface area (TPSA) is 41.6 Å². The maximum absolute atomic E-state index is 12.8. The molecule has 1 amide bonds. The molecule has 1 aromatic rings. The van der Waals surface area contributed by atoms with Crippen LogP contribution in [0.4, 0.5) is 0 Å². The number of amides is 1. The summed E-state index contributed by atoms with van der Waals surface area (Å²) < 4.78 is 5.58. The van der Waals surface area contributed by atoms with E-state index in [-0.39, 0.29) is 5.91 Å². The molecule has 1 atom stereocenters. The van der Waals surface area contributed by atoms with Crippen molar-refractivity contribution >= 4 is 5.91 Å². The fraction of sp³-hybridized carbons (Fsp3) is 0.588. The second-order valence-corrected chi connectivity index (χ2v) is 5.42. The minimum Gasteiger partial charge on any atom is -0.493 e. The van der Waals surface area contributed by atoms with Gasteiger partial charge in [0.05, 0.1) is 12.2 Å². The molecule has 1 saturated heterocycles. The molecule has 0 saturated carbocycles. The molecule has 1 aliphatic rings. The number of hydrogen-bond donors (Lipinski definition) is 1. The number of nitrogens with one attached hydrogen (secondary N) is 1. The molecular weight excluding hydrogens is 264 g/mol. The zero-order valence-corrected chi connectivity index (χ0v) is 13.1. The highest BCUT2D eigenvalue weighted by atomic mass is 16.5. The lowest BCUT2D eigenvalue weighted by Crippen LogP contribution is -2.45. The van der Waals surface area contributed by atoms with Crippen molar-refractivity contribution in [3.8, 4) is 5.75 Å². The molecular formula is C17H26N2O2. The van der Waals surface area contributed by atoms with Crippen LogP contribution >= 0.6 is 0 Å². The normalized spacial score (nSPS) is 18.3. The van der Waals surface area contributed by atoms with Crippen LogP contribution in [0.3, 0.4) is 0 Å². The first-order chi connectivity index (χ1) is 10.3. The smallest absolute Gasteiger partial charge is 0.257 e. The number of rotatable bonds is 6. The molecule has 1 aliphatic heterocycles. The summed E-state index contributed by atoms with van der Waals surface area (Å²) in [7, 11) is 0. The molecule has 0 radical (unpaired) electrons. The third kappa shape index (κ3) is 4.21. The quantitative estimate of drug-likeness (QED) is 0.876. The van der Waals surface area contributed by atoms with Crippen LogP contribution in [0.1, 0.15) is 43.5 Å². The van der Waals surface area contributed by atoms with Crippen LogP contribution in [0.5, 0.6) is 5.75 Å². The number of hydrogen-bond acceptors (Lipinski definition) is 3. The summed E-state index contributed by atoms with van der Waals surface area (Å²) in [6.45, 7) is 7.09. The number of carbonyl (C=O) groups excluding carboxylic acids is 1. The van der Waals surface area contributed by atoms with Gasteiger partial charge in [0.1, 0.15) is 5.75 Å². The summed E-state index contributed by atoms with van der Waals surface area (Å²) >= 11 is 0. The summed E-state index contributed by atoms with van der Waals surface area (Å²) in [6.07, 6.45) is 3.64. The lowest BCUT2D eigenvalue weighted by molar-refractivity contribution is 0.0737. The van der Waals surface area contributed by atoms with Gasteiger partial charge in [0, 0.05) is 19.1 Å². The number of benzene rings is 1. The van der Waals surface area contributed by atoms with E-state index >= 15 is 0 Å². The molecule has 1 N–H and O–H groups in total. The van der Waals surface area contributed by atoms with Gasteiger partial charge in [-0.3, -0.25) is 4.79 Å². The standard InChI is InChI=1S/C17H26N2O2/c1-3-19(13-14-9-7-8-12-18-14)17(20)15-10-5-6-11-16(15)21-4-2/h5-6,10-11,14,18H,3-4,7-9,12-13H2,1-2H3. The third-order valence-corrected chi connectivity index (χ3v) is 3.94. The summed E-state index contributed by atoms with van der Waals surface area (Å²) in [4.78, 5) is 14.7. The highest BCUT2D eigenvalue weighted by Gasteiger charge is 2.22. The summed E-state index contributed by atoms with van der Waals surface area (Å²) in [6, 6.07) is 7.93. The van der Waals surface area contributed by atoms with Gasteiger partial charge < -0.3 is 15.0 Å². The SMILES string of the molecule is CCOc1ccccc1C(=O)N(CC)CC1CCCCN1. The summed E-state index contributed by atoms with van der Waals surface area (Å²) in [5, 5.41) is 3.50. The molecule has 4 heteroatoms. The Morgan fingerprint density at radius 2 is 2.14 bits per heavy atom. The molecule has 0 spiro atoms. The monoisotopic (exact) mass is 290 g/mol. The molecule has 1 fully saturated rings. The van der Waals surface area contributed by atoms with Crippen molar-refractivity contribution < 1.29 is 9.53 Å². The second kappa shape index (κ2) is 8.03. The van der Waals surface area contributed by atoms with E-state index in [1.54, 1.807) is 0 Å². The van der Waals surface area contributed by atoms with Gasteiger partial charge in [-0.25, -0.2) is 0 Å². The minimum absolute atomic E-state index is 0.0638. The highest BCUT2D eigenvalue weighted by Crippen LogP contribution is 2.20. The average molecular weight is 290 g/mol. The van der Waals surface area contributed by atoms with E-state index in [0.29, 0.717) is 24.0 Å². The van der Waals surface area contributed by atoms with Crippen LogP contribution in [0.25, 0.3) is 0 Å². The van der Waals surface area contributed by atoms with Gasteiger partial charge in [-0.05, 0) is 45.4 Å². The number of nitrogens with zero attached hydrogens (tertiary/aromatic N) is 1. The van der Waals surface area contributed by atoms with Crippen molar-refractivity contribution in [3.63, 3.8) is 0 Å². The zero-order valence-electron chi connectivity index (χ0n) is 13.1. The van der Waals surface area contributed by atoms with Crippen molar-refractivity contribution in [2.24, 2.45) is 0 Å². The van der Waals surface area contributed by atoms with Gasteiger partial charge in [-0.2, -0.15) is 0 Å². The second-order valence-electron chi connectivity index (χ2n) is 5.42. The van der Waals surface area contributed by atoms with Crippen LogP contribution in [-0.2, 0) is 0 Å². The Bertz CT molecular complexity index is 456. The van der Waals surface area contributed by atoms with Crippen molar-refractivity contribution in [1.29, 1.82) is 0 Å². The lowest BCUT2D eigenvalue weighted by atomic mass is 10.0. The largest absolute Gasteiger partial charge is 0.493 e. The Balaban J connectivity index is 2.08. The lowest BCUT2D eigenvalue weighted by Gasteiger charge is -2.30. The van der Waals surface area contributed by atoms with Crippen LogP contribution in [0, 0.1) is 0 Å². The molecule has 4 nitrogen and oxygen atoms in total. The number of para-hydroxylation sites is 1. The zero-order chi connectivity index (χ0) is 15.1. The Morgan fingerprint density at radius 1 is 1.33 bits per heavy atom. The number of likely N-dealkylation sites (N-methyl/N-ethyl adjacent to an activating group) is 1. The fourth-order valence-corrected chi connectivity index (χ4v) is 2.80. The predicted molar refractivity (Wildman–Crippen MR) is 84.8 cm³/mol. The van der Waals surface area contributed by atoms with E-state index in [1.165, 1.54) is 12.8 Å². The first kappa shape index (κ1) is 15.8. The molecule has 0 aliphatic carbocycles. The summed E-state index contributed by atoms with van der Waals surface area (Å²) in [5.41, 5.74) is 0.664. The van der Waals surface area contributed by atoms with Gasteiger partial charge in [0.2, 0.25) is 0 Å². The van der Waals surface area contributed by atoms with Crippen LogP contribution in [-0.4, -0.2) is 43.1 Å². The van der Waals surface area contributed by atoms with E-state index in [1.807, 2.05) is 43.0 Å². The Kier molecular flexibility index (Phi) is 6.05. The maximum Gasteiger partial charge on any atom is 0.257 e. The maximum atomic E-state index is 12.8. The Labute approximate surface area is 127 Å². The number of ether oxygens (including phenoxy) is 1. The molecule has 2 rings (SSSR count). The first-order valence-corrected chi connectivity index (χ1v) is 8.00. The third-order valence-electron chi connectivity index (χ3n) is 3.94. The average Bonchev–Trinajstić information content (AvgIpc) is 2.54. The molecule has 116 valence electrons. The van der Waals surface area contributed by atoms with Crippen molar-refractivity contribution in [2.45, 2.75) is 39.2 Å². The molecule has 0 aromatic heterocycles. The van der Waals surface area contributed by atoms with E-state index in [9.17, 15) is 4.79 Å². The first-order valence-electron chi connectivity index (χ1n) is 8.00. The highest BCUT2D eigenvalue weighted by molar-refractivity contribution is 5.97. The van der Waals surface area contributed by atoms with E-state index in [4.69, 9.17) is 4.74 Å². The van der Waals surface area contributed by atoms with Crippen molar-refractivity contribution in [3.05, 3.63) is 29.8 Å². The summed E-state index contributed by atoms with van der Waals surface area (Å²) in [5.74, 6) is 0.744. The fourth-order valence-electron chi connectivity index (χ4n) is 2.80. The number of carbonyl (C=O) groups is 1. The van der Waals surface area contributed by atoms with Crippen LogP contribution < -0.4 is 10.1 Å². The predicted octanol–water partition coefficient (Wildman–Crippen LogP) is 2.69. The number of piperidine rings is 1. The van der Waals surface area contributed by atoms with E-state index in [2.05, 4.69) is 5.32 Å². The van der Waals surface area contributed by atoms with E-state index < -0.39 is 0 Å². The van der Waals surface area contributed by atoms with Crippen LogP contribution in [0.15, 0.2) is 24.3 Å². The van der Waals surface area contributed by atoms with Crippen LogP contribution in [0.2, 0.25) is 0 Å². The van der Waals surface area contributed by atoms with Gasteiger partial charge in [0.25, 0.3) is 5.91 Å². The Hall–Kier alpha value is -1.55. The van der Waals surface area contributed by atoms with E-state index in [0.717, 1.165) is 26.1 Å². The molecule has 0 bridgehead atoms. The minimum atomic E-state index is 0.0638. The van der Waals surface area contributed by atoms with Gasteiger partial charge in [-0.15, -0.1) is 0 Å². The molecule has 1 heterocycles. The molecule has 1 unspecified atom stereocenters. The van der Waals surface area contributed by atoms with Gasteiger partial charge in [-0.1, -0.05) is 18.6 Å². The van der Waals surface area contributed by atoms with Crippen molar-refractivity contribution in [2.75, 3.05) is 26.2 Å².